The average molecular weight is 442 g/mol. The first-order chi connectivity index (χ1) is 14.5. The summed E-state index contributed by atoms with van der Waals surface area (Å²) in [5.74, 6) is 0.515. The van der Waals surface area contributed by atoms with Crippen molar-refractivity contribution in [2.75, 3.05) is 26.2 Å². The highest BCUT2D eigenvalue weighted by Crippen LogP contribution is 2.26. The van der Waals surface area contributed by atoms with Gasteiger partial charge in [-0.25, -0.2) is 15.0 Å². The van der Waals surface area contributed by atoms with E-state index in [1.807, 2.05) is 19.1 Å². The van der Waals surface area contributed by atoms with Gasteiger partial charge in [0.1, 0.15) is 4.88 Å². The van der Waals surface area contributed by atoms with Gasteiger partial charge in [-0.3, -0.25) is 9.59 Å². The lowest BCUT2D eigenvalue weighted by Gasteiger charge is -2.34. The van der Waals surface area contributed by atoms with Crippen LogP contribution >= 0.6 is 22.9 Å². The number of piperazine rings is 1. The van der Waals surface area contributed by atoms with Crippen LogP contribution in [0.1, 0.15) is 20.9 Å². The molecule has 2 aromatic heterocycles. The molecule has 1 aliphatic heterocycles. The van der Waals surface area contributed by atoms with Crippen LogP contribution in [0.25, 0.3) is 10.8 Å². The van der Waals surface area contributed by atoms with Crippen LogP contribution in [0.3, 0.4) is 0 Å². The van der Waals surface area contributed by atoms with Crippen LogP contribution in [0, 0.1) is 6.92 Å². The lowest BCUT2D eigenvalue weighted by Crippen LogP contribution is -2.51. The van der Waals surface area contributed by atoms with E-state index in [0.717, 1.165) is 5.56 Å². The molecule has 0 radical (unpaired) electrons. The summed E-state index contributed by atoms with van der Waals surface area (Å²) in [5.41, 5.74) is 1.60. The molecule has 9 heteroatoms. The number of halogens is 1. The van der Waals surface area contributed by atoms with E-state index in [2.05, 4.69) is 15.0 Å². The Morgan fingerprint density at radius 1 is 1.03 bits per heavy atom. The molecule has 1 fully saturated rings. The largest absolute Gasteiger partial charge is 0.339 e. The summed E-state index contributed by atoms with van der Waals surface area (Å²) < 4.78 is 0. The van der Waals surface area contributed by atoms with Crippen molar-refractivity contribution >= 4 is 34.8 Å². The zero-order valence-electron chi connectivity index (χ0n) is 16.4. The Balaban J connectivity index is 1.37. The molecule has 3 aromatic rings. The second-order valence-corrected chi connectivity index (χ2v) is 8.42. The van der Waals surface area contributed by atoms with Gasteiger partial charge in [0.2, 0.25) is 5.91 Å². The molecule has 1 saturated heterocycles. The normalized spacial score (nSPS) is 14.1. The molecule has 3 heterocycles. The second kappa shape index (κ2) is 8.89. The smallest absolute Gasteiger partial charge is 0.265 e. The van der Waals surface area contributed by atoms with Gasteiger partial charge in [-0.2, -0.15) is 0 Å². The molecule has 154 valence electrons. The van der Waals surface area contributed by atoms with Gasteiger partial charge in [-0.05, 0) is 30.7 Å². The molecule has 0 N–H and O–H groups in total. The predicted molar refractivity (Wildman–Crippen MR) is 116 cm³/mol. The molecule has 2 amide bonds. The summed E-state index contributed by atoms with van der Waals surface area (Å²) in [6, 6.07) is 9.03. The number of hydrogen-bond acceptors (Lipinski definition) is 6. The summed E-state index contributed by atoms with van der Waals surface area (Å²) in [6.45, 7) is 3.86. The molecule has 1 aliphatic rings. The van der Waals surface area contributed by atoms with Gasteiger partial charge >= 0.3 is 0 Å². The Hall–Kier alpha value is -2.84. The van der Waals surface area contributed by atoms with Crippen LogP contribution in [0.15, 0.2) is 42.7 Å². The number of carbonyl (C=O) groups is 2. The Kier molecular flexibility index (Phi) is 6.06. The maximum absolute atomic E-state index is 13.0. The number of amides is 2. The maximum atomic E-state index is 13.0. The molecule has 0 spiro atoms. The summed E-state index contributed by atoms with van der Waals surface area (Å²) in [5, 5.41) is 1.28. The molecule has 0 bridgehead atoms. The van der Waals surface area contributed by atoms with Crippen molar-refractivity contribution in [3.8, 4) is 10.8 Å². The summed E-state index contributed by atoms with van der Waals surface area (Å²) in [7, 11) is 0. The zero-order valence-corrected chi connectivity index (χ0v) is 18.0. The number of nitrogens with zero attached hydrogens (tertiary/aromatic N) is 5. The van der Waals surface area contributed by atoms with Gasteiger partial charge < -0.3 is 9.80 Å². The van der Waals surface area contributed by atoms with E-state index in [9.17, 15) is 9.59 Å². The topological polar surface area (TPSA) is 79.3 Å². The quantitative estimate of drug-likeness (QED) is 0.621. The van der Waals surface area contributed by atoms with Crippen molar-refractivity contribution in [2.45, 2.75) is 13.3 Å². The Bertz CT molecular complexity index is 1050. The second-order valence-electron chi connectivity index (χ2n) is 6.98. The van der Waals surface area contributed by atoms with Crippen molar-refractivity contribution in [1.29, 1.82) is 0 Å². The number of rotatable bonds is 4. The molecular formula is C21H20ClN5O2S. The SMILES string of the molecule is Cc1nc(-c2ncccn2)sc1C(=O)N1CCN(C(=O)Cc2ccc(Cl)cc2)CC1. The van der Waals surface area contributed by atoms with Gasteiger partial charge in [0.05, 0.1) is 12.1 Å². The van der Waals surface area contributed by atoms with E-state index < -0.39 is 0 Å². The molecule has 1 aromatic carbocycles. The third-order valence-electron chi connectivity index (χ3n) is 4.94. The monoisotopic (exact) mass is 441 g/mol. The Labute approximate surface area is 183 Å². The van der Waals surface area contributed by atoms with E-state index >= 15 is 0 Å². The van der Waals surface area contributed by atoms with E-state index in [4.69, 9.17) is 11.6 Å². The fraction of sp³-hybridized carbons (Fsp3) is 0.286. The van der Waals surface area contributed by atoms with Gasteiger partial charge in [0.15, 0.2) is 10.8 Å². The number of hydrogen-bond donors (Lipinski definition) is 0. The van der Waals surface area contributed by atoms with Crippen LogP contribution in [-0.2, 0) is 11.2 Å². The van der Waals surface area contributed by atoms with Gasteiger partial charge in [-0.1, -0.05) is 23.7 Å². The molecule has 0 aliphatic carbocycles. The van der Waals surface area contributed by atoms with Crippen molar-refractivity contribution in [3.05, 3.63) is 63.9 Å². The number of carbonyl (C=O) groups excluding carboxylic acids is 2. The van der Waals surface area contributed by atoms with E-state index in [1.165, 1.54) is 11.3 Å². The van der Waals surface area contributed by atoms with Crippen LogP contribution in [-0.4, -0.2) is 62.7 Å². The highest BCUT2D eigenvalue weighted by Gasteiger charge is 2.27. The summed E-state index contributed by atoms with van der Waals surface area (Å²) in [6.07, 6.45) is 3.64. The van der Waals surface area contributed by atoms with Gasteiger partial charge in [0, 0.05) is 43.6 Å². The highest BCUT2D eigenvalue weighted by atomic mass is 35.5. The number of thiazole rings is 1. The minimum atomic E-state index is -0.0584. The molecule has 30 heavy (non-hydrogen) atoms. The van der Waals surface area contributed by atoms with Crippen LogP contribution in [0.5, 0.6) is 0 Å². The van der Waals surface area contributed by atoms with Crippen LogP contribution in [0.2, 0.25) is 5.02 Å². The summed E-state index contributed by atoms with van der Waals surface area (Å²) in [4.78, 5) is 42.6. The molecule has 0 unspecified atom stereocenters. The van der Waals surface area contributed by atoms with Gasteiger partial charge in [-0.15, -0.1) is 11.3 Å². The van der Waals surface area contributed by atoms with Crippen LogP contribution < -0.4 is 0 Å². The summed E-state index contributed by atoms with van der Waals surface area (Å²) >= 11 is 7.20. The van der Waals surface area contributed by atoms with E-state index in [-0.39, 0.29) is 11.8 Å². The van der Waals surface area contributed by atoms with E-state index in [1.54, 1.807) is 40.4 Å². The minimum absolute atomic E-state index is 0.0573. The van der Waals surface area contributed by atoms with Crippen LogP contribution in [0.4, 0.5) is 0 Å². The third-order valence-corrected chi connectivity index (χ3v) is 6.33. The Morgan fingerprint density at radius 3 is 2.33 bits per heavy atom. The van der Waals surface area contributed by atoms with E-state index in [0.29, 0.717) is 59.0 Å². The first-order valence-corrected chi connectivity index (χ1v) is 10.8. The lowest BCUT2D eigenvalue weighted by atomic mass is 10.1. The van der Waals surface area contributed by atoms with Crippen molar-refractivity contribution in [2.24, 2.45) is 0 Å². The zero-order chi connectivity index (χ0) is 21.1. The molecule has 4 rings (SSSR count). The van der Waals surface area contributed by atoms with Gasteiger partial charge in [0.25, 0.3) is 5.91 Å². The Morgan fingerprint density at radius 2 is 1.67 bits per heavy atom. The third kappa shape index (κ3) is 4.49. The number of benzene rings is 1. The lowest BCUT2D eigenvalue weighted by molar-refractivity contribution is -0.131. The molecule has 7 nitrogen and oxygen atoms in total. The molecule has 0 atom stereocenters. The fourth-order valence-electron chi connectivity index (χ4n) is 3.29. The number of aryl methyl sites for hydroxylation is 1. The average Bonchev–Trinajstić information content (AvgIpc) is 3.17. The maximum Gasteiger partial charge on any atom is 0.265 e. The standard InChI is InChI=1S/C21H20ClN5O2S/c1-14-18(30-20(25-14)19-23-7-2-8-24-19)21(29)27-11-9-26(10-12-27)17(28)13-15-3-5-16(22)6-4-15/h2-8H,9-13H2,1H3. The minimum Gasteiger partial charge on any atom is -0.339 e. The fourth-order valence-corrected chi connectivity index (χ4v) is 4.40. The van der Waals surface area contributed by atoms with Crippen molar-refractivity contribution < 1.29 is 9.59 Å². The number of aromatic nitrogens is 3. The highest BCUT2D eigenvalue weighted by molar-refractivity contribution is 7.17. The molecular weight excluding hydrogens is 422 g/mol. The first kappa shape index (κ1) is 20.4. The van der Waals surface area contributed by atoms with Crippen molar-refractivity contribution in [3.63, 3.8) is 0 Å². The predicted octanol–water partition coefficient (Wildman–Crippen LogP) is 3.09. The molecule has 0 saturated carbocycles. The first-order valence-electron chi connectivity index (χ1n) is 9.57. The van der Waals surface area contributed by atoms with Crippen molar-refractivity contribution in [1.82, 2.24) is 24.8 Å².